The van der Waals surface area contributed by atoms with E-state index in [1.807, 2.05) is 32.9 Å². The molecule has 7 heteroatoms. The summed E-state index contributed by atoms with van der Waals surface area (Å²) < 4.78 is 5.15. The van der Waals surface area contributed by atoms with Gasteiger partial charge in [0.1, 0.15) is 0 Å². The quantitative estimate of drug-likeness (QED) is 0.760. The maximum absolute atomic E-state index is 12.0. The Kier molecular flexibility index (Phi) is 5.70. The van der Waals surface area contributed by atoms with Crippen molar-refractivity contribution in [1.29, 1.82) is 0 Å². The second kappa shape index (κ2) is 7.73. The van der Waals surface area contributed by atoms with Crippen LogP contribution < -0.4 is 10.6 Å². The topological polar surface area (TPSA) is 100 Å². The van der Waals surface area contributed by atoms with Crippen LogP contribution in [-0.4, -0.2) is 34.0 Å². The molecule has 2 aromatic rings. The molecule has 0 bridgehead atoms. The number of nitrogens with zero attached hydrogens (tertiary/aromatic N) is 2. The molecule has 1 unspecified atom stereocenters. The van der Waals surface area contributed by atoms with E-state index in [1.165, 1.54) is 6.39 Å². The molecule has 0 spiro atoms. The molecule has 1 atom stereocenters. The lowest BCUT2D eigenvalue weighted by molar-refractivity contribution is 0.117. The van der Waals surface area contributed by atoms with Gasteiger partial charge in [-0.1, -0.05) is 19.9 Å². The fraction of sp³-hybridized carbons (Fsp3) is 0.438. The van der Waals surface area contributed by atoms with Crippen LogP contribution in [-0.2, 0) is 0 Å². The Labute approximate surface area is 135 Å². The second-order valence-corrected chi connectivity index (χ2v) is 5.75. The van der Waals surface area contributed by atoms with Crippen LogP contribution in [0.1, 0.15) is 25.8 Å². The standard InChI is InChI=1S/C16H22N4O3/c1-10(2)14(21)6-7-17-16(22)19-13-8-12(5-4-11(13)3)15-20-18-9-23-15/h4-5,8-10,14,21H,6-7H2,1-3H3,(H2,17,19,22). The minimum atomic E-state index is -0.419. The van der Waals surface area contributed by atoms with Crippen LogP contribution in [0.25, 0.3) is 11.5 Å². The Morgan fingerprint density at radius 1 is 1.39 bits per heavy atom. The van der Waals surface area contributed by atoms with Crippen molar-refractivity contribution < 1.29 is 14.3 Å². The number of carbonyl (C=O) groups excluding carboxylic acids is 1. The summed E-state index contributed by atoms with van der Waals surface area (Å²) in [6.45, 7) is 6.19. The van der Waals surface area contributed by atoms with E-state index in [-0.39, 0.29) is 11.9 Å². The van der Waals surface area contributed by atoms with Gasteiger partial charge in [0, 0.05) is 17.8 Å². The van der Waals surface area contributed by atoms with Crippen molar-refractivity contribution in [3.63, 3.8) is 0 Å². The predicted octanol–water partition coefficient (Wildman–Crippen LogP) is 2.57. The summed E-state index contributed by atoms with van der Waals surface area (Å²) in [6.07, 6.45) is 1.36. The Morgan fingerprint density at radius 2 is 2.17 bits per heavy atom. The highest BCUT2D eigenvalue weighted by molar-refractivity contribution is 5.90. The smallest absolute Gasteiger partial charge is 0.319 e. The van der Waals surface area contributed by atoms with Crippen LogP contribution >= 0.6 is 0 Å². The zero-order valence-electron chi connectivity index (χ0n) is 13.5. The molecular weight excluding hydrogens is 296 g/mol. The number of aryl methyl sites for hydroxylation is 1. The number of benzene rings is 1. The van der Waals surface area contributed by atoms with E-state index in [0.717, 1.165) is 11.1 Å². The van der Waals surface area contributed by atoms with Gasteiger partial charge in [0.25, 0.3) is 0 Å². The number of hydrogen-bond acceptors (Lipinski definition) is 5. The van der Waals surface area contributed by atoms with Crippen LogP contribution in [0.3, 0.4) is 0 Å². The van der Waals surface area contributed by atoms with Crippen molar-refractivity contribution in [3.8, 4) is 11.5 Å². The van der Waals surface area contributed by atoms with Gasteiger partial charge in [-0.25, -0.2) is 4.79 Å². The third-order valence-electron chi connectivity index (χ3n) is 3.59. The molecule has 2 amide bonds. The van der Waals surface area contributed by atoms with E-state index in [0.29, 0.717) is 24.5 Å². The second-order valence-electron chi connectivity index (χ2n) is 5.75. The lowest BCUT2D eigenvalue weighted by atomic mass is 10.0. The SMILES string of the molecule is Cc1ccc(-c2nnco2)cc1NC(=O)NCCC(O)C(C)C. The Morgan fingerprint density at radius 3 is 2.83 bits per heavy atom. The van der Waals surface area contributed by atoms with Gasteiger partial charge in [0.15, 0.2) is 0 Å². The number of aliphatic hydroxyl groups excluding tert-OH is 1. The first-order valence-corrected chi connectivity index (χ1v) is 7.57. The van der Waals surface area contributed by atoms with Crippen molar-refractivity contribution in [2.24, 2.45) is 5.92 Å². The molecule has 0 saturated heterocycles. The summed E-state index contributed by atoms with van der Waals surface area (Å²) in [5.74, 6) is 0.571. The van der Waals surface area contributed by atoms with Crippen molar-refractivity contribution in [3.05, 3.63) is 30.2 Å². The summed E-state index contributed by atoms with van der Waals surface area (Å²) in [5.41, 5.74) is 2.33. The number of aliphatic hydroxyl groups is 1. The molecule has 1 heterocycles. The summed E-state index contributed by atoms with van der Waals surface area (Å²) in [5, 5.41) is 22.7. The number of nitrogens with one attached hydrogen (secondary N) is 2. The molecule has 0 saturated carbocycles. The number of amides is 2. The van der Waals surface area contributed by atoms with Gasteiger partial charge >= 0.3 is 6.03 Å². The Balaban J connectivity index is 1.94. The largest absolute Gasteiger partial charge is 0.423 e. The monoisotopic (exact) mass is 318 g/mol. The van der Waals surface area contributed by atoms with E-state index < -0.39 is 6.10 Å². The Bertz CT molecular complexity index is 641. The fourth-order valence-corrected chi connectivity index (χ4v) is 2.02. The van der Waals surface area contributed by atoms with E-state index in [4.69, 9.17) is 4.42 Å². The minimum Gasteiger partial charge on any atom is -0.423 e. The van der Waals surface area contributed by atoms with Crippen LogP contribution in [0.15, 0.2) is 29.0 Å². The van der Waals surface area contributed by atoms with Crippen molar-refractivity contribution >= 4 is 11.7 Å². The maximum atomic E-state index is 12.0. The molecule has 124 valence electrons. The number of anilines is 1. The third-order valence-corrected chi connectivity index (χ3v) is 3.59. The van der Waals surface area contributed by atoms with Gasteiger partial charge < -0.3 is 20.2 Å². The van der Waals surface area contributed by atoms with Gasteiger partial charge in [-0.15, -0.1) is 10.2 Å². The number of aromatic nitrogens is 2. The highest BCUT2D eigenvalue weighted by Gasteiger charge is 2.11. The van der Waals surface area contributed by atoms with Crippen LogP contribution in [0.5, 0.6) is 0 Å². The maximum Gasteiger partial charge on any atom is 0.319 e. The summed E-state index contributed by atoms with van der Waals surface area (Å²) in [6, 6.07) is 5.19. The summed E-state index contributed by atoms with van der Waals surface area (Å²) in [4.78, 5) is 12.0. The number of carbonyl (C=O) groups is 1. The molecule has 23 heavy (non-hydrogen) atoms. The average molecular weight is 318 g/mol. The van der Waals surface area contributed by atoms with Gasteiger partial charge in [-0.05, 0) is 37.0 Å². The van der Waals surface area contributed by atoms with Crippen LogP contribution in [0.4, 0.5) is 10.5 Å². The average Bonchev–Trinajstić information content (AvgIpc) is 3.03. The summed E-state index contributed by atoms with van der Waals surface area (Å²) >= 11 is 0. The fourth-order valence-electron chi connectivity index (χ4n) is 2.02. The number of rotatable bonds is 6. The first-order valence-electron chi connectivity index (χ1n) is 7.57. The van der Waals surface area contributed by atoms with Crippen LogP contribution in [0.2, 0.25) is 0 Å². The molecule has 3 N–H and O–H groups in total. The molecule has 1 aromatic carbocycles. The predicted molar refractivity (Wildman–Crippen MR) is 87.0 cm³/mol. The summed E-state index contributed by atoms with van der Waals surface area (Å²) in [7, 11) is 0. The van der Waals surface area contributed by atoms with E-state index >= 15 is 0 Å². The molecule has 0 fully saturated rings. The molecule has 0 aliphatic heterocycles. The van der Waals surface area contributed by atoms with Gasteiger partial charge in [-0.2, -0.15) is 0 Å². The van der Waals surface area contributed by atoms with E-state index in [2.05, 4.69) is 20.8 Å². The minimum absolute atomic E-state index is 0.174. The van der Waals surface area contributed by atoms with E-state index in [9.17, 15) is 9.90 Å². The van der Waals surface area contributed by atoms with Crippen molar-refractivity contribution in [2.75, 3.05) is 11.9 Å². The third kappa shape index (κ3) is 4.79. The molecule has 0 radical (unpaired) electrons. The highest BCUT2D eigenvalue weighted by Crippen LogP contribution is 2.23. The first-order chi connectivity index (χ1) is 11.0. The zero-order valence-corrected chi connectivity index (χ0v) is 13.5. The van der Waals surface area contributed by atoms with Gasteiger partial charge in [-0.3, -0.25) is 0 Å². The molecule has 7 nitrogen and oxygen atoms in total. The zero-order chi connectivity index (χ0) is 16.8. The number of hydrogen-bond donors (Lipinski definition) is 3. The number of urea groups is 1. The van der Waals surface area contributed by atoms with E-state index in [1.54, 1.807) is 6.07 Å². The van der Waals surface area contributed by atoms with Gasteiger partial charge in [0.05, 0.1) is 6.10 Å². The van der Waals surface area contributed by atoms with Crippen molar-refractivity contribution in [2.45, 2.75) is 33.3 Å². The molecule has 2 rings (SSSR count). The molecular formula is C16H22N4O3. The lowest BCUT2D eigenvalue weighted by Gasteiger charge is -2.15. The Hall–Kier alpha value is -2.41. The molecule has 1 aromatic heterocycles. The van der Waals surface area contributed by atoms with Gasteiger partial charge in [0.2, 0.25) is 12.3 Å². The highest BCUT2D eigenvalue weighted by atomic mass is 16.4. The first kappa shape index (κ1) is 17.0. The molecule has 0 aliphatic carbocycles. The van der Waals surface area contributed by atoms with Crippen molar-refractivity contribution in [1.82, 2.24) is 15.5 Å². The lowest BCUT2D eigenvalue weighted by Crippen LogP contribution is -2.32. The normalized spacial score (nSPS) is 12.2. The molecule has 0 aliphatic rings. The van der Waals surface area contributed by atoms with Crippen LogP contribution in [0, 0.1) is 12.8 Å².